The number of nitrogens with zero attached hydrogens (tertiary/aromatic N) is 1. The van der Waals surface area contributed by atoms with E-state index in [0.717, 1.165) is 16.5 Å². The number of benzene rings is 2. The van der Waals surface area contributed by atoms with Gasteiger partial charge in [-0.1, -0.05) is 30.3 Å². The monoisotopic (exact) mass is 304 g/mol. The SMILES string of the molecule is COc1ccc(NC(=O)C=Cc2ccccc2)c2cccnc12. The largest absolute Gasteiger partial charge is 0.494 e. The molecule has 3 aromatic rings. The van der Waals surface area contributed by atoms with Gasteiger partial charge in [0.1, 0.15) is 11.3 Å². The van der Waals surface area contributed by atoms with E-state index in [0.29, 0.717) is 11.4 Å². The van der Waals surface area contributed by atoms with Crippen LogP contribution in [0, 0.1) is 0 Å². The fourth-order valence-electron chi connectivity index (χ4n) is 2.33. The Labute approximate surface area is 134 Å². The van der Waals surface area contributed by atoms with Gasteiger partial charge in [0.15, 0.2) is 0 Å². The Kier molecular flexibility index (Phi) is 4.34. The summed E-state index contributed by atoms with van der Waals surface area (Å²) in [6, 6.07) is 17.0. The summed E-state index contributed by atoms with van der Waals surface area (Å²) in [4.78, 5) is 16.5. The summed E-state index contributed by atoms with van der Waals surface area (Å²) in [5.74, 6) is 0.489. The van der Waals surface area contributed by atoms with Gasteiger partial charge in [-0.25, -0.2) is 0 Å². The molecular weight excluding hydrogens is 288 g/mol. The Balaban J connectivity index is 1.84. The average Bonchev–Trinajstić information content (AvgIpc) is 2.61. The van der Waals surface area contributed by atoms with Gasteiger partial charge in [-0.05, 0) is 35.9 Å². The van der Waals surface area contributed by atoms with Crippen molar-refractivity contribution in [2.24, 2.45) is 0 Å². The molecule has 114 valence electrons. The summed E-state index contributed by atoms with van der Waals surface area (Å²) >= 11 is 0. The number of hydrogen-bond donors (Lipinski definition) is 1. The number of carbonyl (C=O) groups is 1. The molecule has 1 aromatic heterocycles. The molecule has 1 amide bonds. The molecule has 0 saturated carbocycles. The molecule has 4 heteroatoms. The smallest absolute Gasteiger partial charge is 0.248 e. The Morgan fingerprint density at radius 3 is 2.70 bits per heavy atom. The van der Waals surface area contributed by atoms with Gasteiger partial charge in [-0.2, -0.15) is 0 Å². The molecule has 0 unspecified atom stereocenters. The van der Waals surface area contributed by atoms with Crippen LogP contribution in [0.2, 0.25) is 0 Å². The average molecular weight is 304 g/mol. The van der Waals surface area contributed by atoms with Crippen molar-refractivity contribution in [1.82, 2.24) is 4.98 Å². The van der Waals surface area contributed by atoms with Crippen molar-refractivity contribution in [1.29, 1.82) is 0 Å². The lowest BCUT2D eigenvalue weighted by Crippen LogP contribution is -2.08. The minimum atomic E-state index is -0.191. The van der Waals surface area contributed by atoms with Crippen LogP contribution in [0.4, 0.5) is 5.69 Å². The second-order valence-corrected chi connectivity index (χ2v) is 4.95. The highest BCUT2D eigenvalue weighted by molar-refractivity contribution is 6.07. The maximum Gasteiger partial charge on any atom is 0.248 e. The first-order chi connectivity index (χ1) is 11.3. The van der Waals surface area contributed by atoms with E-state index in [-0.39, 0.29) is 5.91 Å². The van der Waals surface area contributed by atoms with Crippen LogP contribution in [-0.2, 0) is 4.79 Å². The molecule has 0 radical (unpaired) electrons. The normalized spacial score (nSPS) is 10.8. The number of carbonyl (C=O) groups excluding carboxylic acids is 1. The van der Waals surface area contributed by atoms with E-state index < -0.39 is 0 Å². The number of methoxy groups -OCH3 is 1. The number of pyridine rings is 1. The van der Waals surface area contributed by atoms with Gasteiger partial charge in [-0.15, -0.1) is 0 Å². The van der Waals surface area contributed by atoms with Crippen LogP contribution in [0.3, 0.4) is 0 Å². The van der Waals surface area contributed by atoms with Crippen molar-refractivity contribution in [2.75, 3.05) is 12.4 Å². The highest BCUT2D eigenvalue weighted by Crippen LogP contribution is 2.29. The third-order valence-electron chi connectivity index (χ3n) is 3.44. The number of amides is 1. The van der Waals surface area contributed by atoms with Crippen LogP contribution in [0.5, 0.6) is 5.75 Å². The summed E-state index contributed by atoms with van der Waals surface area (Å²) in [5.41, 5.74) is 2.40. The van der Waals surface area contributed by atoms with Crippen LogP contribution in [-0.4, -0.2) is 18.0 Å². The van der Waals surface area contributed by atoms with Crippen LogP contribution in [0.15, 0.2) is 66.9 Å². The van der Waals surface area contributed by atoms with E-state index in [1.165, 1.54) is 6.08 Å². The molecule has 0 aliphatic carbocycles. The molecule has 0 spiro atoms. The fraction of sp³-hybridized carbons (Fsp3) is 0.0526. The van der Waals surface area contributed by atoms with E-state index in [9.17, 15) is 4.79 Å². The van der Waals surface area contributed by atoms with Crippen molar-refractivity contribution < 1.29 is 9.53 Å². The molecular formula is C19H16N2O2. The van der Waals surface area contributed by atoms with Gasteiger partial charge in [0.25, 0.3) is 0 Å². The van der Waals surface area contributed by atoms with Crippen molar-refractivity contribution in [3.8, 4) is 5.75 Å². The quantitative estimate of drug-likeness (QED) is 0.744. The van der Waals surface area contributed by atoms with E-state index in [4.69, 9.17) is 4.74 Å². The molecule has 0 saturated heterocycles. The van der Waals surface area contributed by atoms with E-state index >= 15 is 0 Å². The molecule has 0 fully saturated rings. The number of nitrogens with one attached hydrogen (secondary N) is 1. The number of hydrogen-bond acceptors (Lipinski definition) is 3. The molecule has 0 aliphatic rings. The third-order valence-corrected chi connectivity index (χ3v) is 3.44. The lowest BCUT2D eigenvalue weighted by molar-refractivity contribution is -0.111. The number of ether oxygens (including phenoxy) is 1. The standard InChI is InChI=1S/C19H16N2O2/c1-23-17-11-10-16(15-8-5-13-20-19(15)17)21-18(22)12-9-14-6-3-2-4-7-14/h2-13H,1H3,(H,21,22). The van der Waals surface area contributed by atoms with Gasteiger partial charge >= 0.3 is 0 Å². The lowest BCUT2D eigenvalue weighted by Gasteiger charge is -2.09. The third kappa shape index (κ3) is 3.37. The number of rotatable bonds is 4. The molecule has 0 aliphatic heterocycles. The molecule has 23 heavy (non-hydrogen) atoms. The zero-order chi connectivity index (χ0) is 16.1. The zero-order valence-corrected chi connectivity index (χ0v) is 12.7. The van der Waals surface area contributed by atoms with Gasteiger partial charge in [0.05, 0.1) is 12.8 Å². The number of fused-ring (bicyclic) bond motifs is 1. The van der Waals surface area contributed by atoms with Gasteiger partial charge in [-0.3, -0.25) is 9.78 Å². The van der Waals surface area contributed by atoms with Crippen LogP contribution in [0.25, 0.3) is 17.0 Å². The highest BCUT2D eigenvalue weighted by Gasteiger charge is 2.08. The summed E-state index contributed by atoms with van der Waals surface area (Å²) < 4.78 is 5.30. The van der Waals surface area contributed by atoms with Crippen molar-refractivity contribution in [3.63, 3.8) is 0 Å². The molecule has 0 bridgehead atoms. The van der Waals surface area contributed by atoms with E-state index in [1.54, 1.807) is 25.4 Å². The summed E-state index contributed by atoms with van der Waals surface area (Å²) in [6.07, 6.45) is 4.99. The lowest BCUT2D eigenvalue weighted by atomic mass is 10.1. The van der Waals surface area contributed by atoms with Crippen molar-refractivity contribution in [2.45, 2.75) is 0 Å². The molecule has 1 heterocycles. The van der Waals surface area contributed by atoms with Crippen LogP contribution >= 0.6 is 0 Å². The van der Waals surface area contributed by atoms with Gasteiger partial charge < -0.3 is 10.1 Å². The highest BCUT2D eigenvalue weighted by atomic mass is 16.5. The topological polar surface area (TPSA) is 51.2 Å². The van der Waals surface area contributed by atoms with Crippen LogP contribution < -0.4 is 10.1 Å². The number of aromatic nitrogens is 1. The predicted octanol–water partition coefficient (Wildman–Crippen LogP) is 3.90. The molecule has 1 N–H and O–H groups in total. The minimum Gasteiger partial charge on any atom is -0.494 e. The van der Waals surface area contributed by atoms with E-state index in [1.807, 2.05) is 48.5 Å². The Bertz CT molecular complexity index is 858. The first-order valence-electron chi connectivity index (χ1n) is 7.24. The van der Waals surface area contributed by atoms with E-state index in [2.05, 4.69) is 10.3 Å². The first kappa shape index (κ1) is 14.8. The maximum atomic E-state index is 12.1. The molecule has 0 atom stereocenters. The zero-order valence-electron chi connectivity index (χ0n) is 12.7. The maximum absolute atomic E-state index is 12.1. The minimum absolute atomic E-state index is 0.191. The number of anilines is 1. The second kappa shape index (κ2) is 6.75. The van der Waals surface area contributed by atoms with Gasteiger partial charge in [0.2, 0.25) is 5.91 Å². The van der Waals surface area contributed by atoms with Crippen molar-refractivity contribution >= 4 is 28.6 Å². The second-order valence-electron chi connectivity index (χ2n) is 4.95. The van der Waals surface area contributed by atoms with Gasteiger partial charge in [0, 0.05) is 17.7 Å². The Morgan fingerprint density at radius 1 is 1.09 bits per heavy atom. The fourth-order valence-corrected chi connectivity index (χ4v) is 2.33. The molecule has 4 nitrogen and oxygen atoms in total. The summed E-state index contributed by atoms with van der Waals surface area (Å²) in [6.45, 7) is 0. The molecule has 3 rings (SSSR count). The van der Waals surface area contributed by atoms with Crippen molar-refractivity contribution in [3.05, 3.63) is 72.4 Å². The Hall–Kier alpha value is -3.14. The Morgan fingerprint density at radius 2 is 1.91 bits per heavy atom. The van der Waals surface area contributed by atoms with Crippen LogP contribution in [0.1, 0.15) is 5.56 Å². The summed E-state index contributed by atoms with van der Waals surface area (Å²) in [7, 11) is 1.60. The molecule has 2 aromatic carbocycles. The summed E-state index contributed by atoms with van der Waals surface area (Å²) in [5, 5.41) is 3.73. The predicted molar refractivity (Wildman–Crippen MR) is 92.4 cm³/mol. The first-order valence-corrected chi connectivity index (χ1v) is 7.24.